The third-order valence-electron chi connectivity index (χ3n) is 3.87. The summed E-state index contributed by atoms with van der Waals surface area (Å²) >= 11 is 0. The van der Waals surface area contributed by atoms with Gasteiger partial charge in [-0.05, 0) is 32.4 Å². The van der Waals surface area contributed by atoms with Crippen molar-refractivity contribution in [2.75, 3.05) is 32.8 Å². The number of para-hydroxylation sites is 1. The first kappa shape index (κ1) is 18.4. The Hall–Kier alpha value is -1.92. The van der Waals surface area contributed by atoms with Crippen molar-refractivity contribution < 1.29 is 19.1 Å². The molecule has 2 rings (SSSR count). The predicted octanol–water partition coefficient (Wildman–Crippen LogP) is 1.49. The third kappa shape index (κ3) is 5.94. The van der Waals surface area contributed by atoms with Crippen LogP contribution in [0, 0.1) is 0 Å². The quantitative estimate of drug-likeness (QED) is 0.576. The van der Waals surface area contributed by atoms with E-state index in [1.165, 1.54) is 0 Å². The average Bonchev–Trinajstić information content (AvgIpc) is 2.56. The summed E-state index contributed by atoms with van der Waals surface area (Å²) in [6.45, 7) is 7.49. The number of hydrogen-bond donors (Lipinski definition) is 1. The van der Waals surface area contributed by atoms with Crippen LogP contribution in [0.3, 0.4) is 0 Å². The van der Waals surface area contributed by atoms with Gasteiger partial charge in [0.2, 0.25) is 0 Å². The highest BCUT2D eigenvalue weighted by Crippen LogP contribution is 2.15. The van der Waals surface area contributed by atoms with Crippen molar-refractivity contribution in [3.05, 3.63) is 29.8 Å². The van der Waals surface area contributed by atoms with Gasteiger partial charge in [-0.3, -0.25) is 14.5 Å². The summed E-state index contributed by atoms with van der Waals surface area (Å²) in [5.41, 5.74) is 0.445. The minimum atomic E-state index is -0.181. The Balaban J connectivity index is 1.62. The van der Waals surface area contributed by atoms with Crippen LogP contribution in [0.25, 0.3) is 0 Å². The van der Waals surface area contributed by atoms with Gasteiger partial charge in [0.1, 0.15) is 5.75 Å². The lowest BCUT2D eigenvalue weighted by Gasteiger charge is -2.35. The van der Waals surface area contributed by atoms with Gasteiger partial charge < -0.3 is 14.8 Å². The highest BCUT2D eigenvalue weighted by molar-refractivity contribution is 5.80. The van der Waals surface area contributed by atoms with E-state index in [2.05, 4.69) is 24.1 Å². The van der Waals surface area contributed by atoms with E-state index in [-0.39, 0.29) is 24.7 Å². The number of nitrogens with one attached hydrogen (secondary N) is 1. The number of benzene rings is 1. The largest absolute Gasteiger partial charge is 0.483 e. The highest BCUT2D eigenvalue weighted by Gasteiger charge is 2.21. The third-order valence-corrected chi connectivity index (χ3v) is 3.87. The lowest BCUT2D eigenvalue weighted by Crippen LogP contribution is -2.46. The second-order valence-electron chi connectivity index (χ2n) is 6.16. The van der Waals surface area contributed by atoms with E-state index in [9.17, 15) is 9.59 Å². The number of carbonyl (C=O) groups is 2. The summed E-state index contributed by atoms with van der Waals surface area (Å²) in [6, 6.07) is 6.86. The topological polar surface area (TPSA) is 67.9 Å². The van der Waals surface area contributed by atoms with Crippen molar-refractivity contribution in [2.45, 2.75) is 32.5 Å². The maximum absolute atomic E-state index is 11.8. The summed E-state index contributed by atoms with van der Waals surface area (Å²) in [7, 11) is 0. The number of aldehydes is 1. The summed E-state index contributed by atoms with van der Waals surface area (Å²) in [5.74, 6) is 0.248. The molecule has 2 unspecified atom stereocenters. The molecule has 6 nitrogen and oxygen atoms in total. The molecule has 1 aliphatic rings. The molecule has 0 bridgehead atoms. The first-order valence-electron chi connectivity index (χ1n) is 8.40. The predicted molar refractivity (Wildman–Crippen MR) is 91.4 cm³/mol. The number of morpholine rings is 1. The molecule has 0 radical (unpaired) electrons. The molecule has 1 aromatic carbocycles. The number of hydrogen-bond acceptors (Lipinski definition) is 5. The Morgan fingerprint density at radius 3 is 2.75 bits per heavy atom. The van der Waals surface area contributed by atoms with Gasteiger partial charge in [-0.15, -0.1) is 0 Å². The normalized spacial score (nSPS) is 21.2. The monoisotopic (exact) mass is 334 g/mol. The van der Waals surface area contributed by atoms with Crippen LogP contribution < -0.4 is 10.1 Å². The molecule has 1 aliphatic heterocycles. The van der Waals surface area contributed by atoms with Crippen LogP contribution in [0.2, 0.25) is 0 Å². The van der Waals surface area contributed by atoms with Crippen molar-refractivity contribution in [1.29, 1.82) is 0 Å². The standard InChI is InChI=1S/C18H26N2O4/c1-14-10-20(11-15(2)24-14)9-5-8-19-18(22)13-23-17-7-4-3-6-16(17)12-21/h3-4,6-7,12,14-15H,5,8-11,13H2,1-2H3,(H,19,22). The summed E-state index contributed by atoms with van der Waals surface area (Å²) in [5, 5.41) is 2.84. The Bertz CT molecular complexity index is 540. The molecule has 1 N–H and O–H groups in total. The van der Waals surface area contributed by atoms with Gasteiger partial charge in [-0.1, -0.05) is 12.1 Å². The number of rotatable bonds is 8. The molecule has 132 valence electrons. The van der Waals surface area contributed by atoms with Crippen LogP contribution in [0.1, 0.15) is 30.6 Å². The molecule has 6 heteroatoms. The summed E-state index contributed by atoms with van der Waals surface area (Å²) in [6.07, 6.45) is 2.12. The summed E-state index contributed by atoms with van der Waals surface area (Å²) in [4.78, 5) is 25.1. The van der Waals surface area contributed by atoms with Crippen LogP contribution in [-0.2, 0) is 9.53 Å². The van der Waals surface area contributed by atoms with Gasteiger partial charge in [0.05, 0.1) is 17.8 Å². The SMILES string of the molecule is CC1CN(CCCNC(=O)COc2ccccc2C=O)CC(C)O1. The second-order valence-corrected chi connectivity index (χ2v) is 6.16. The minimum Gasteiger partial charge on any atom is -0.483 e. The number of nitrogens with zero attached hydrogens (tertiary/aromatic N) is 1. The van der Waals surface area contributed by atoms with E-state index in [1.54, 1.807) is 24.3 Å². The van der Waals surface area contributed by atoms with Gasteiger partial charge >= 0.3 is 0 Å². The molecule has 2 atom stereocenters. The lowest BCUT2D eigenvalue weighted by atomic mass is 10.2. The van der Waals surface area contributed by atoms with E-state index in [4.69, 9.17) is 9.47 Å². The van der Waals surface area contributed by atoms with Crippen molar-refractivity contribution >= 4 is 12.2 Å². The molecule has 0 saturated carbocycles. The van der Waals surface area contributed by atoms with Gasteiger partial charge in [0.15, 0.2) is 12.9 Å². The van der Waals surface area contributed by atoms with Crippen molar-refractivity contribution in [3.8, 4) is 5.75 Å². The molecule has 0 aromatic heterocycles. The smallest absolute Gasteiger partial charge is 0.257 e. The second kappa shape index (κ2) is 9.39. The maximum Gasteiger partial charge on any atom is 0.257 e. The van der Waals surface area contributed by atoms with Gasteiger partial charge in [-0.2, -0.15) is 0 Å². The molecule has 0 aliphatic carbocycles. The van der Waals surface area contributed by atoms with Crippen molar-refractivity contribution in [3.63, 3.8) is 0 Å². The number of carbonyl (C=O) groups excluding carboxylic acids is 2. The van der Waals surface area contributed by atoms with Crippen LogP contribution in [0.15, 0.2) is 24.3 Å². The zero-order chi connectivity index (χ0) is 17.4. The zero-order valence-electron chi connectivity index (χ0n) is 14.4. The van der Waals surface area contributed by atoms with Gasteiger partial charge in [0.25, 0.3) is 5.91 Å². The van der Waals surface area contributed by atoms with Gasteiger partial charge in [0, 0.05) is 26.2 Å². The Kier molecular flexibility index (Phi) is 7.21. The van der Waals surface area contributed by atoms with Crippen LogP contribution in [0.4, 0.5) is 0 Å². The Labute approximate surface area is 143 Å². The first-order valence-corrected chi connectivity index (χ1v) is 8.40. The molecular weight excluding hydrogens is 308 g/mol. The molecule has 0 spiro atoms. The average molecular weight is 334 g/mol. The number of amides is 1. The maximum atomic E-state index is 11.8. The molecule has 1 aromatic rings. The number of ether oxygens (including phenoxy) is 2. The summed E-state index contributed by atoms with van der Waals surface area (Å²) < 4.78 is 11.1. The molecular formula is C18H26N2O4. The fourth-order valence-corrected chi connectivity index (χ4v) is 2.90. The fourth-order valence-electron chi connectivity index (χ4n) is 2.90. The van der Waals surface area contributed by atoms with Crippen molar-refractivity contribution in [2.24, 2.45) is 0 Å². The van der Waals surface area contributed by atoms with E-state index in [1.807, 2.05) is 0 Å². The van der Waals surface area contributed by atoms with E-state index < -0.39 is 0 Å². The molecule has 1 amide bonds. The molecule has 1 heterocycles. The van der Waals surface area contributed by atoms with Crippen molar-refractivity contribution in [1.82, 2.24) is 10.2 Å². The van der Waals surface area contributed by atoms with E-state index in [0.717, 1.165) is 32.3 Å². The lowest BCUT2D eigenvalue weighted by molar-refractivity contribution is -0.123. The van der Waals surface area contributed by atoms with E-state index in [0.29, 0.717) is 17.9 Å². The highest BCUT2D eigenvalue weighted by atomic mass is 16.5. The zero-order valence-corrected chi connectivity index (χ0v) is 14.4. The van der Waals surface area contributed by atoms with Crippen LogP contribution in [0.5, 0.6) is 5.75 Å². The minimum absolute atomic E-state index is 0.0868. The molecule has 24 heavy (non-hydrogen) atoms. The van der Waals surface area contributed by atoms with E-state index >= 15 is 0 Å². The fraction of sp³-hybridized carbons (Fsp3) is 0.556. The Morgan fingerprint density at radius 1 is 1.33 bits per heavy atom. The molecule has 1 saturated heterocycles. The van der Waals surface area contributed by atoms with Crippen LogP contribution >= 0.6 is 0 Å². The van der Waals surface area contributed by atoms with Gasteiger partial charge in [-0.25, -0.2) is 0 Å². The Morgan fingerprint density at radius 2 is 2.04 bits per heavy atom. The molecule has 1 fully saturated rings. The van der Waals surface area contributed by atoms with Crippen LogP contribution in [-0.4, -0.2) is 62.1 Å². The first-order chi connectivity index (χ1) is 11.6.